The van der Waals surface area contributed by atoms with Crippen LogP contribution < -0.4 is 5.43 Å². The van der Waals surface area contributed by atoms with Crippen molar-refractivity contribution in [2.45, 2.75) is 6.92 Å². The smallest absolute Gasteiger partial charge is 0.115 e. The van der Waals surface area contributed by atoms with Crippen LogP contribution in [0.1, 0.15) is 5.69 Å². The molecule has 21 heavy (non-hydrogen) atoms. The number of rotatable bonds is 3. The van der Waals surface area contributed by atoms with Crippen LogP contribution in [0.5, 0.6) is 0 Å². The van der Waals surface area contributed by atoms with E-state index in [2.05, 4.69) is 10.4 Å². The van der Waals surface area contributed by atoms with Crippen molar-refractivity contribution in [3.63, 3.8) is 0 Å². The number of imidazole rings is 1. The highest BCUT2D eigenvalue weighted by Gasteiger charge is 2.11. The lowest BCUT2D eigenvalue weighted by Crippen LogP contribution is -2.10. The fourth-order valence-electron chi connectivity index (χ4n) is 2.18. The van der Waals surface area contributed by atoms with Gasteiger partial charge < -0.3 is 0 Å². The second-order valence-electron chi connectivity index (χ2n) is 4.65. The molecule has 1 heterocycles. The first-order chi connectivity index (χ1) is 10.1. The molecular formula is C16H13Cl2N3. The van der Waals surface area contributed by atoms with Gasteiger partial charge in [-0.15, -0.1) is 0 Å². The zero-order valence-electron chi connectivity index (χ0n) is 11.3. The first kappa shape index (κ1) is 14.0. The molecule has 2 aromatic carbocycles. The predicted molar refractivity (Wildman–Crippen MR) is 87.9 cm³/mol. The van der Waals surface area contributed by atoms with Gasteiger partial charge in [-0.1, -0.05) is 53.5 Å². The van der Waals surface area contributed by atoms with Crippen molar-refractivity contribution in [2.75, 3.05) is 5.43 Å². The van der Waals surface area contributed by atoms with Gasteiger partial charge in [0.05, 0.1) is 22.1 Å². The number of aryl methyl sites for hydroxylation is 1. The summed E-state index contributed by atoms with van der Waals surface area (Å²) in [5, 5.41) is 1.23. The van der Waals surface area contributed by atoms with Crippen molar-refractivity contribution in [1.82, 2.24) is 9.66 Å². The van der Waals surface area contributed by atoms with Crippen molar-refractivity contribution in [2.24, 2.45) is 0 Å². The fraction of sp³-hybridized carbons (Fsp3) is 0.0625. The lowest BCUT2D eigenvalue weighted by atomic mass is 10.1. The van der Waals surface area contributed by atoms with E-state index in [-0.39, 0.29) is 0 Å². The maximum atomic E-state index is 6.20. The Morgan fingerprint density at radius 1 is 1.05 bits per heavy atom. The molecule has 3 aromatic rings. The quantitative estimate of drug-likeness (QED) is 0.733. The van der Waals surface area contributed by atoms with Crippen LogP contribution in [0.25, 0.3) is 11.3 Å². The number of benzene rings is 2. The van der Waals surface area contributed by atoms with Crippen LogP contribution in [-0.2, 0) is 0 Å². The molecule has 106 valence electrons. The highest BCUT2D eigenvalue weighted by Crippen LogP contribution is 2.28. The van der Waals surface area contributed by atoms with Gasteiger partial charge >= 0.3 is 0 Å². The van der Waals surface area contributed by atoms with E-state index < -0.39 is 0 Å². The molecule has 0 aliphatic rings. The van der Waals surface area contributed by atoms with E-state index in [1.54, 1.807) is 24.5 Å². The van der Waals surface area contributed by atoms with Crippen LogP contribution in [0, 0.1) is 6.92 Å². The Hall–Kier alpha value is -1.97. The Morgan fingerprint density at radius 3 is 2.57 bits per heavy atom. The molecule has 0 amide bonds. The van der Waals surface area contributed by atoms with E-state index in [1.807, 2.05) is 41.9 Å². The lowest BCUT2D eigenvalue weighted by molar-refractivity contribution is 0.962. The van der Waals surface area contributed by atoms with Gasteiger partial charge in [-0.25, -0.2) is 9.66 Å². The molecule has 0 fully saturated rings. The summed E-state index contributed by atoms with van der Waals surface area (Å²) in [6.07, 6.45) is 1.73. The van der Waals surface area contributed by atoms with Gasteiger partial charge in [-0.2, -0.15) is 0 Å². The molecule has 0 atom stereocenters. The number of nitrogens with one attached hydrogen (secondary N) is 1. The predicted octanol–water partition coefficient (Wildman–Crippen LogP) is 5.04. The maximum absolute atomic E-state index is 6.20. The summed E-state index contributed by atoms with van der Waals surface area (Å²) in [4.78, 5) is 4.37. The van der Waals surface area contributed by atoms with Crippen LogP contribution in [0.2, 0.25) is 10.0 Å². The third-order valence-electron chi connectivity index (χ3n) is 3.17. The molecule has 0 aliphatic carbocycles. The SMILES string of the molecule is Cc1ncn(Nc2cc(Cl)ccc2Cl)c1-c1ccccc1. The van der Waals surface area contributed by atoms with Gasteiger partial charge in [-0.05, 0) is 25.1 Å². The minimum atomic E-state index is 0.602. The molecule has 0 saturated carbocycles. The summed E-state index contributed by atoms with van der Waals surface area (Å²) in [6.45, 7) is 1.97. The van der Waals surface area contributed by atoms with E-state index >= 15 is 0 Å². The molecule has 0 saturated heterocycles. The topological polar surface area (TPSA) is 29.9 Å². The Morgan fingerprint density at radius 2 is 1.81 bits per heavy atom. The van der Waals surface area contributed by atoms with Crippen LogP contribution in [0.15, 0.2) is 54.9 Å². The summed E-state index contributed by atoms with van der Waals surface area (Å²) in [7, 11) is 0. The van der Waals surface area contributed by atoms with E-state index in [0.717, 1.165) is 22.6 Å². The average Bonchev–Trinajstić information content (AvgIpc) is 2.85. The average molecular weight is 318 g/mol. The second kappa shape index (κ2) is 5.80. The first-order valence-corrected chi connectivity index (χ1v) is 7.22. The van der Waals surface area contributed by atoms with Gasteiger partial charge in [-0.3, -0.25) is 5.43 Å². The standard InChI is InChI=1S/C16H13Cl2N3/c1-11-16(12-5-3-2-4-6-12)21(10-19-11)20-15-9-13(17)7-8-14(15)18/h2-10,20H,1H3. The van der Waals surface area contributed by atoms with Crippen LogP contribution in [0.3, 0.4) is 0 Å². The Bertz CT molecular complexity index is 766. The summed E-state index contributed by atoms with van der Waals surface area (Å²) in [5.74, 6) is 0. The molecule has 0 radical (unpaired) electrons. The van der Waals surface area contributed by atoms with Crippen LogP contribution in [0.4, 0.5) is 5.69 Å². The Kier molecular flexibility index (Phi) is 3.86. The number of anilines is 1. The van der Waals surface area contributed by atoms with Crippen molar-refractivity contribution in [1.29, 1.82) is 0 Å². The van der Waals surface area contributed by atoms with E-state index in [4.69, 9.17) is 23.2 Å². The van der Waals surface area contributed by atoms with Crippen molar-refractivity contribution in [3.05, 3.63) is 70.6 Å². The van der Waals surface area contributed by atoms with Gasteiger partial charge in [0.2, 0.25) is 0 Å². The Balaban J connectivity index is 2.03. The molecule has 3 nitrogen and oxygen atoms in total. The lowest BCUT2D eigenvalue weighted by Gasteiger charge is -2.13. The van der Waals surface area contributed by atoms with Crippen molar-refractivity contribution < 1.29 is 0 Å². The molecule has 3 rings (SSSR count). The molecule has 0 aliphatic heterocycles. The number of hydrogen-bond acceptors (Lipinski definition) is 2. The maximum Gasteiger partial charge on any atom is 0.115 e. The largest absolute Gasteiger partial charge is 0.291 e. The van der Waals surface area contributed by atoms with Crippen molar-refractivity contribution in [3.8, 4) is 11.3 Å². The van der Waals surface area contributed by atoms with E-state index in [9.17, 15) is 0 Å². The highest BCUT2D eigenvalue weighted by atomic mass is 35.5. The molecule has 0 spiro atoms. The van der Waals surface area contributed by atoms with Gasteiger partial charge in [0.15, 0.2) is 0 Å². The summed E-state index contributed by atoms with van der Waals surface area (Å²) in [5.41, 5.74) is 6.98. The first-order valence-electron chi connectivity index (χ1n) is 6.46. The monoisotopic (exact) mass is 317 g/mol. The second-order valence-corrected chi connectivity index (χ2v) is 5.49. The van der Waals surface area contributed by atoms with Gasteiger partial charge in [0, 0.05) is 10.6 Å². The molecule has 1 N–H and O–H groups in total. The third-order valence-corrected chi connectivity index (χ3v) is 3.73. The normalized spacial score (nSPS) is 10.6. The van der Waals surface area contributed by atoms with Gasteiger partial charge in [0.1, 0.15) is 6.33 Å². The zero-order chi connectivity index (χ0) is 14.8. The molecule has 0 unspecified atom stereocenters. The number of nitrogens with zero attached hydrogens (tertiary/aromatic N) is 2. The summed E-state index contributed by atoms with van der Waals surface area (Å²) in [6, 6.07) is 15.4. The minimum absolute atomic E-state index is 0.602. The highest BCUT2D eigenvalue weighted by molar-refractivity contribution is 6.35. The van der Waals surface area contributed by atoms with E-state index in [1.165, 1.54) is 0 Å². The van der Waals surface area contributed by atoms with E-state index in [0.29, 0.717) is 10.0 Å². The molecular weight excluding hydrogens is 305 g/mol. The van der Waals surface area contributed by atoms with Gasteiger partial charge in [0.25, 0.3) is 0 Å². The zero-order valence-corrected chi connectivity index (χ0v) is 12.9. The van der Waals surface area contributed by atoms with Crippen molar-refractivity contribution >= 4 is 28.9 Å². The van der Waals surface area contributed by atoms with Crippen LogP contribution >= 0.6 is 23.2 Å². The summed E-state index contributed by atoms with van der Waals surface area (Å²) < 4.78 is 1.85. The molecule has 5 heteroatoms. The fourth-order valence-corrected chi connectivity index (χ4v) is 2.51. The third kappa shape index (κ3) is 2.89. The number of aromatic nitrogens is 2. The Labute approximate surface area is 133 Å². The molecule has 1 aromatic heterocycles. The minimum Gasteiger partial charge on any atom is -0.291 e. The number of hydrogen-bond donors (Lipinski definition) is 1. The number of halogens is 2. The summed E-state index contributed by atoms with van der Waals surface area (Å²) >= 11 is 12.2. The molecule has 0 bridgehead atoms. The van der Waals surface area contributed by atoms with Crippen LogP contribution in [-0.4, -0.2) is 9.66 Å².